The van der Waals surface area contributed by atoms with Gasteiger partial charge >= 0.3 is 0 Å². The largest absolute Gasteiger partial charge is 0.387 e. The first kappa shape index (κ1) is 12.5. The zero-order valence-corrected chi connectivity index (χ0v) is 10.8. The van der Waals surface area contributed by atoms with Crippen LogP contribution in [0.3, 0.4) is 0 Å². The molecule has 1 fully saturated rings. The fourth-order valence-corrected chi connectivity index (χ4v) is 3.06. The van der Waals surface area contributed by atoms with Crippen LogP contribution < -0.4 is 5.32 Å². The number of aliphatic hydroxyl groups excluding tert-OH is 1. The van der Waals surface area contributed by atoms with Crippen molar-refractivity contribution >= 4 is 34.8 Å². The molecule has 2 rings (SSSR count). The van der Waals surface area contributed by atoms with Crippen LogP contribution in [0, 0.1) is 0 Å². The van der Waals surface area contributed by atoms with Gasteiger partial charge in [-0.25, -0.2) is 0 Å². The predicted molar refractivity (Wildman–Crippen MR) is 67.5 cm³/mol. The summed E-state index contributed by atoms with van der Waals surface area (Å²) in [7, 11) is 0. The van der Waals surface area contributed by atoms with Crippen molar-refractivity contribution in [2.24, 2.45) is 0 Å². The van der Waals surface area contributed by atoms with Crippen molar-refractivity contribution in [1.29, 1.82) is 0 Å². The number of halogens is 3. The van der Waals surface area contributed by atoms with E-state index in [1.807, 2.05) is 0 Å². The average Bonchev–Trinajstić information content (AvgIpc) is 2.67. The molecule has 88 valence electrons. The molecule has 1 aromatic carbocycles. The van der Waals surface area contributed by atoms with Crippen molar-refractivity contribution in [2.45, 2.75) is 25.0 Å². The normalized spacial score (nSPS) is 22.4. The second kappa shape index (κ2) is 5.11. The topological polar surface area (TPSA) is 32.3 Å². The summed E-state index contributed by atoms with van der Waals surface area (Å²) in [5.74, 6) is 0. The molecule has 0 saturated carbocycles. The number of hydrogen-bond donors (Lipinski definition) is 2. The minimum Gasteiger partial charge on any atom is -0.387 e. The zero-order valence-electron chi connectivity index (χ0n) is 8.51. The zero-order chi connectivity index (χ0) is 11.7. The maximum atomic E-state index is 10.2. The van der Waals surface area contributed by atoms with Gasteiger partial charge in [-0.2, -0.15) is 0 Å². The quantitative estimate of drug-likeness (QED) is 0.870. The molecule has 0 bridgehead atoms. The fourth-order valence-electron chi connectivity index (χ4n) is 2.02. The molecule has 16 heavy (non-hydrogen) atoms. The smallest absolute Gasteiger partial charge is 0.0971 e. The summed E-state index contributed by atoms with van der Waals surface area (Å²) in [4.78, 5) is 0. The summed E-state index contributed by atoms with van der Waals surface area (Å²) in [6.07, 6.45) is 1.31. The summed E-state index contributed by atoms with van der Waals surface area (Å²) in [5, 5.41) is 14.7. The Labute approximate surface area is 110 Å². The number of benzene rings is 1. The average molecular weight is 281 g/mol. The van der Waals surface area contributed by atoms with Gasteiger partial charge in [0.1, 0.15) is 0 Å². The van der Waals surface area contributed by atoms with E-state index < -0.39 is 6.10 Å². The van der Waals surface area contributed by atoms with Crippen LogP contribution in [-0.4, -0.2) is 17.7 Å². The van der Waals surface area contributed by atoms with Gasteiger partial charge in [-0.05, 0) is 31.5 Å². The summed E-state index contributed by atoms with van der Waals surface area (Å²) >= 11 is 17.9. The Morgan fingerprint density at radius 3 is 2.38 bits per heavy atom. The highest BCUT2D eigenvalue weighted by Gasteiger charge is 2.27. The molecule has 1 aliphatic heterocycles. The molecule has 1 saturated heterocycles. The van der Waals surface area contributed by atoms with E-state index in [0.29, 0.717) is 20.6 Å². The molecule has 2 N–H and O–H groups in total. The number of hydrogen-bond acceptors (Lipinski definition) is 2. The lowest BCUT2D eigenvalue weighted by Crippen LogP contribution is -2.29. The number of nitrogens with one attached hydrogen (secondary N) is 1. The lowest BCUT2D eigenvalue weighted by atomic mass is 10.0. The van der Waals surface area contributed by atoms with Crippen LogP contribution in [0.2, 0.25) is 15.1 Å². The molecule has 1 aliphatic rings. The predicted octanol–water partition coefficient (Wildman–Crippen LogP) is 3.43. The minimum absolute atomic E-state index is 0.0242. The van der Waals surface area contributed by atoms with Crippen LogP contribution in [-0.2, 0) is 0 Å². The Bertz CT molecular complexity index is 368. The van der Waals surface area contributed by atoms with Crippen molar-refractivity contribution in [1.82, 2.24) is 5.32 Å². The molecule has 1 aromatic rings. The second-order valence-corrected chi connectivity index (χ2v) is 5.18. The summed E-state index contributed by atoms with van der Waals surface area (Å²) in [6.45, 7) is 0.921. The molecule has 0 spiro atoms. The van der Waals surface area contributed by atoms with E-state index in [4.69, 9.17) is 34.8 Å². The van der Waals surface area contributed by atoms with Crippen LogP contribution in [0.25, 0.3) is 0 Å². The van der Waals surface area contributed by atoms with Crippen molar-refractivity contribution in [3.8, 4) is 0 Å². The van der Waals surface area contributed by atoms with E-state index in [0.717, 1.165) is 19.4 Å². The third-order valence-corrected chi connectivity index (χ3v) is 3.66. The summed E-state index contributed by atoms with van der Waals surface area (Å²) in [5.41, 5.74) is 0.562. The maximum Gasteiger partial charge on any atom is 0.0971 e. The van der Waals surface area contributed by atoms with Crippen molar-refractivity contribution in [3.05, 3.63) is 32.8 Å². The van der Waals surface area contributed by atoms with Gasteiger partial charge in [0.05, 0.1) is 6.10 Å². The Balaban J connectivity index is 2.31. The van der Waals surface area contributed by atoms with Crippen LogP contribution in [0.1, 0.15) is 24.5 Å². The van der Waals surface area contributed by atoms with Crippen molar-refractivity contribution in [3.63, 3.8) is 0 Å². The third kappa shape index (κ3) is 2.47. The molecule has 2 atom stereocenters. The standard InChI is InChI=1S/C11H12Cl3NO/c12-6-4-7(13)10(8(14)5-6)11(16)9-2-1-3-15-9/h4-5,9,11,15-16H,1-3H2. The highest BCUT2D eigenvalue weighted by atomic mass is 35.5. The summed E-state index contributed by atoms with van der Waals surface area (Å²) in [6, 6.07) is 3.22. The van der Waals surface area contributed by atoms with E-state index in [1.54, 1.807) is 12.1 Å². The van der Waals surface area contributed by atoms with Crippen LogP contribution in [0.5, 0.6) is 0 Å². The van der Waals surface area contributed by atoms with Crippen molar-refractivity contribution in [2.75, 3.05) is 6.54 Å². The maximum absolute atomic E-state index is 10.2. The van der Waals surface area contributed by atoms with E-state index in [9.17, 15) is 5.11 Å². The Kier molecular flexibility index (Phi) is 3.98. The van der Waals surface area contributed by atoms with E-state index in [-0.39, 0.29) is 6.04 Å². The Hall–Kier alpha value is 0.01000. The molecule has 0 radical (unpaired) electrons. The molecule has 0 amide bonds. The molecule has 2 unspecified atom stereocenters. The lowest BCUT2D eigenvalue weighted by molar-refractivity contribution is 0.137. The molecule has 1 heterocycles. The Morgan fingerprint density at radius 1 is 1.25 bits per heavy atom. The highest BCUT2D eigenvalue weighted by molar-refractivity contribution is 6.39. The minimum atomic E-state index is -0.681. The molecule has 5 heteroatoms. The van der Waals surface area contributed by atoms with Gasteiger partial charge in [0.2, 0.25) is 0 Å². The Morgan fingerprint density at radius 2 is 1.88 bits per heavy atom. The number of aliphatic hydroxyl groups is 1. The molecular formula is C11H12Cl3NO. The van der Waals surface area contributed by atoms with Gasteiger partial charge in [-0.3, -0.25) is 0 Å². The molecule has 0 aromatic heterocycles. The first-order chi connectivity index (χ1) is 7.59. The van der Waals surface area contributed by atoms with E-state index >= 15 is 0 Å². The highest BCUT2D eigenvalue weighted by Crippen LogP contribution is 2.36. The van der Waals surface area contributed by atoms with Crippen LogP contribution in [0.4, 0.5) is 0 Å². The summed E-state index contributed by atoms with van der Waals surface area (Å²) < 4.78 is 0. The van der Waals surface area contributed by atoms with Gasteiger partial charge in [0.25, 0.3) is 0 Å². The van der Waals surface area contributed by atoms with Crippen molar-refractivity contribution < 1.29 is 5.11 Å². The van der Waals surface area contributed by atoms with Crippen LogP contribution >= 0.6 is 34.8 Å². The molecular weight excluding hydrogens is 268 g/mol. The molecule has 0 aliphatic carbocycles. The molecule has 2 nitrogen and oxygen atoms in total. The van der Waals surface area contributed by atoms with E-state index in [1.165, 1.54) is 0 Å². The number of rotatable bonds is 2. The van der Waals surface area contributed by atoms with Gasteiger partial charge in [-0.15, -0.1) is 0 Å². The first-order valence-electron chi connectivity index (χ1n) is 5.15. The van der Waals surface area contributed by atoms with Gasteiger partial charge in [-0.1, -0.05) is 34.8 Å². The first-order valence-corrected chi connectivity index (χ1v) is 6.29. The van der Waals surface area contributed by atoms with Crippen LogP contribution in [0.15, 0.2) is 12.1 Å². The van der Waals surface area contributed by atoms with Gasteiger partial charge in [0, 0.05) is 26.7 Å². The SMILES string of the molecule is OC(c1c(Cl)cc(Cl)cc1Cl)C1CCCN1. The van der Waals surface area contributed by atoms with E-state index in [2.05, 4.69) is 5.32 Å². The lowest BCUT2D eigenvalue weighted by Gasteiger charge is -2.21. The van der Waals surface area contributed by atoms with Gasteiger partial charge in [0.15, 0.2) is 0 Å². The fraction of sp³-hybridized carbons (Fsp3) is 0.455. The third-order valence-electron chi connectivity index (χ3n) is 2.82. The second-order valence-electron chi connectivity index (χ2n) is 3.93. The van der Waals surface area contributed by atoms with Gasteiger partial charge < -0.3 is 10.4 Å². The monoisotopic (exact) mass is 279 g/mol.